The zero-order valence-electron chi connectivity index (χ0n) is 11.4. The smallest absolute Gasteiger partial charge is 0.255 e. The van der Waals surface area contributed by atoms with E-state index in [4.69, 9.17) is 11.6 Å². The van der Waals surface area contributed by atoms with Gasteiger partial charge in [0.05, 0.1) is 10.6 Å². The van der Waals surface area contributed by atoms with Gasteiger partial charge in [-0.15, -0.1) is 0 Å². The fourth-order valence-electron chi connectivity index (χ4n) is 2.63. The molecule has 0 N–H and O–H groups in total. The van der Waals surface area contributed by atoms with E-state index in [2.05, 4.69) is 0 Å². The molecule has 0 saturated carbocycles. The number of halogens is 2. The van der Waals surface area contributed by atoms with Crippen LogP contribution in [0.4, 0.5) is 4.39 Å². The highest BCUT2D eigenvalue weighted by atomic mass is 35.5. The molecular weight excluding hydrogens is 281 g/mol. The van der Waals surface area contributed by atoms with E-state index in [1.54, 1.807) is 4.90 Å². The van der Waals surface area contributed by atoms with Gasteiger partial charge < -0.3 is 4.90 Å². The van der Waals surface area contributed by atoms with Crippen molar-refractivity contribution >= 4 is 23.3 Å². The highest BCUT2D eigenvalue weighted by molar-refractivity contribution is 6.33. The van der Waals surface area contributed by atoms with Crippen LogP contribution in [0.3, 0.4) is 0 Å². The van der Waals surface area contributed by atoms with Gasteiger partial charge in [-0.1, -0.05) is 11.6 Å². The Bertz CT molecular complexity index is 533. The molecule has 1 aliphatic rings. The molecule has 1 fully saturated rings. The summed E-state index contributed by atoms with van der Waals surface area (Å²) in [5.74, 6) is -0.619. The van der Waals surface area contributed by atoms with Crippen LogP contribution in [-0.4, -0.2) is 29.2 Å². The maximum atomic E-state index is 13.0. The van der Waals surface area contributed by atoms with Crippen LogP contribution in [-0.2, 0) is 4.79 Å². The average molecular weight is 298 g/mol. The van der Waals surface area contributed by atoms with Crippen molar-refractivity contribution in [2.75, 3.05) is 6.54 Å². The van der Waals surface area contributed by atoms with E-state index >= 15 is 0 Å². The summed E-state index contributed by atoms with van der Waals surface area (Å²) < 4.78 is 13.0. The standard InChI is InChI=1S/C15H17ClFNO2/c1-10(19)8-12-4-2-3-7-18(12)15(20)13-6-5-11(17)9-14(13)16/h5-6,9,12H,2-4,7-8H2,1H3. The third-order valence-electron chi connectivity index (χ3n) is 3.57. The lowest BCUT2D eigenvalue weighted by atomic mass is 9.97. The second-order valence-corrected chi connectivity index (χ2v) is 5.59. The molecule has 0 bridgehead atoms. The Labute approximate surface area is 122 Å². The van der Waals surface area contributed by atoms with Gasteiger partial charge in [0.2, 0.25) is 0 Å². The van der Waals surface area contributed by atoms with Crippen molar-refractivity contribution in [3.05, 3.63) is 34.6 Å². The lowest BCUT2D eigenvalue weighted by molar-refractivity contribution is -0.118. The number of carbonyl (C=O) groups excluding carboxylic acids is 2. The Morgan fingerprint density at radius 2 is 2.15 bits per heavy atom. The Kier molecular flexibility index (Phi) is 4.76. The molecule has 1 atom stereocenters. The van der Waals surface area contributed by atoms with Crippen LogP contribution in [0.15, 0.2) is 18.2 Å². The number of piperidine rings is 1. The lowest BCUT2D eigenvalue weighted by Crippen LogP contribution is -2.44. The molecule has 0 radical (unpaired) electrons. The Morgan fingerprint density at radius 1 is 1.40 bits per heavy atom. The minimum atomic E-state index is -0.467. The van der Waals surface area contributed by atoms with Crippen LogP contribution < -0.4 is 0 Å². The molecule has 0 aromatic heterocycles. The second kappa shape index (κ2) is 6.35. The number of rotatable bonds is 3. The fourth-order valence-corrected chi connectivity index (χ4v) is 2.88. The number of likely N-dealkylation sites (tertiary alicyclic amines) is 1. The van der Waals surface area contributed by atoms with E-state index in [1.165, 1.54) is 19.1 Å². The molecule has 108 valence electrons. The molecule has 1 aromatic carbocycles. The van der Waals surface area contributed by atoms with Gasteiger partial charge in [0.1, 0.15) is 11.6 Å². The summed E-state index contributed by atoms with van der Waals surface area (Å²) in [7, 11) is 0. The van der Waals surface area contributed by atoms with E-state index in [0.717, 1.165) is 25.3 Å². The molecule has 0 aliphatic carbocycles. The zero-order chi connectivity index (χ0) is 14.7. The van der Waals surface area contributed by atoms with Crippen molar-refractivity contribution in [1.29, 1.82) is 0 Å². The van der Waals surface area contributed by atoms with Gasteiger partial charge in [0.25, 0.3) is 5.91 Å². The Hall–Kier alpha value is -1.42. The molecule has 1 unspecified atom stereocenters. The Morgan fingerprint density at radius 3 is 2.80 bits per heavy atom. The minimum absolute atomic E-state index is 0.0694. The highest BCUT2D eigenvalue weighted by Crippen LogP contribution is 2.25. The summed E-state index contributed by atoms with van der Waals surface area (Å²) >= 11 is 5.94. The third kappa shape index (κ3) is 3.37. The van der Waals surface area contributed by atoms with Gasteiger partial charge in [0, 0.05) is 19.0 Å². The van der Waals surface area contributed by atoms with Crippen molar-refractivity contribution in [2.24, 2.45) is 0 Å². The van der Waals surface area contributed by atoms with Crippen LogP contribution in [0.25, 0.3) is 0 Å². The normalized spacial score (nSPS) is 18.9. The summed E-state index contributed by atoms with van der Waals surface area (Å²) in [6.07, 6.45) is 3.12. The van der Waals surface area contributed by atoms with Gasteiger partial charge in [-0.3, -0.25) is 9.59 Å². The van der Waals surface area contributed by atoms with Gasteiger partial charge in [-0.05, 0) is 44.4 Å². The van der Waals surface area contributed by atoms with Crippen molar-refractivity contribution in [3.8, 4) is 0 Å². The van der Waals surface area contributed by atoms with Crippen LogP contribution in [0.5, 0.6) is 0 Å². The predicted octanol–water partition coefficient (Wildman–Crippen LogP) is 3.45. The number of benzene rings is 1. The van der Waals surface area contributed by atoms with E-state index in [9.17, 15) is 14.0 Å². The molecule has 1 aliphatic heterocycles. The summed E-state index contributed by atoms with van der Waals surface area (Å²) in [6, 6.07) is 3.69. The van der Waals surface area contributed by atoms with Gasteiger partial charge in [-0.2, -0.15) is 0 Å². The van der Waals surface area contributed by atoms with E-state index in [0.29, 0.717) is 18.5 Å². The van der Waals surface area contributed by atoms with Crippen LogP contribution >= 0.6 is 11.6 Å². The fraction of sp³-hybridized carbons (Fsp3) is 0.467. The van der Waals surface area contributed by atoms with Crippen molar-refractivity contribution < 1.29 is 14.0 Å². The number of amides is 1. The molecule has 0 spiro atoms. The first kappa shape index (κ1) is 15.0. The minimum Gasteiger partial charge on any atom is -0.335 e. The van der Waals surface area contributed by atoms with Gasteiger partial charge >= 0.3 is 0 Å². The molecule has 1 saturated heterocycles. The summed E-state index contributed by atoms with van der Waals surface area (Å²) in [5, 5.41) is 0.113. The van der Waals surface area contributed by atoms with Crippen molar-refractivity contribution in [2.45, 2.75) is 38.6 Å². The Balaban J connectivity index is 2.22. The maximum absolute atomic E-state index is 13.0. The zero-order valence-corrected chi connectivity index (χ0v) is 12.1. The van der Waals surface area contributed by atoms with E-state index in [-0.39, 0.29) is 22.8 Å². The first-order valence-corrected chi connectivity index (χ1v) is 7.12. The number of ketones is 1. The molecule has 2 rings (SSSR count). The molecule has 1 heterocycles. The maximum Gasteiger partial charge on any atom is 0.255 e. The number of Topliss-reactive ketones (excluding diaryl/α,β-unsaturated/α-hetero) is 1. The number of carbonyl (C=O) groups is 2. The second-order valence-electron chi connectivity index (χ2n) is 5.18. The average Bonchev–Trinajstić information content (AvgIpc) is 2.38. The lowest BCUT2D eigenvalue weighted by Gasteiger charge is -2.35. The molecular formula is C15H17ClFNO2. The summed E-state index contributed by atoms with van der Waals surface area (Å²) in [6.45, 7) is 2.15. The highest BCUT2D eigenvalue weighted by Gasteiger charge is 2.29. The van der Waals surface area contributed by atoms with Gasteiger partial charge in [-0.25, -0.2) is 4.39 Å². The van der Waals surface area contributed by atoms with Crippen molar-refractivity contribution in [3.63, 3.8) is 0 Å². The molecule has 1 amide bonds. The summed E-state index contributed by atoms with van der Waals surface area (Å²) in [4.78, 5) is 25.5. The number of hydrogen-bond acceptors (Lipinski definition) is 2. The molecule has 5 heteroatoms. The molecule has 1 aromatic rings. The number of hydrogen-bond donors (Lipinski definition) is 0. The molecule has 20 heavy (non-hydrogen) atoms. The van der Waals surface area contributed by atoms with Crippen molar-refractivity contribution in [1.82, 2.24) is 4.90 Å². The quantitative estimate of drug-likeness (QED) is 0.857. The third-order valence-corrected chi connectivity index (χ3v) is 3.89. The first-order chi connectivity index (χ1) is 9.49. The van der Waals surface area contributed by atoms with Gasteiger partial charge in [0.15, 0.2) is 0 Å². The van der Waals surface area contributed by atoms with Crippen LogP contribution in [0.1, 0.15) is 43.0 Å². The van der Waals surface area contributed by atoms with E-state index < -0.39 is 5.82 Å². The monoisotopic (exact) mass is 297 g/mol. The first-order valence-electron chi connectivity index (χ1n) is 6.74. The van der Waals surface area contributed by atoms with Crippen LogP contribution in [0, 0.1) is 5.82 Å². The largest absolute Gasteiger partial charge is 0.335 e. The number of nitrogens with zero attached hydrogens (tertiary/aromatic N) is 1. The van der Waals surface area contributed by atoms with Crippen LogP contribution in [0.2, 0.25) is 5.02 Å². The van der Waals surface area contributed by atoms with E-state index in [1.807, 2.05) is 0 Å². The summed E-state index contributed by atoms with van der Waals surface area (Å²) in [5.41, 5.74) is 0.295. The molecule has 3 nitrogen and oxygen atoms in total. The topological polar surface area (TPSA) is 37.4 Å². The SMILES string of the molecule is CC(=O)CC1CCCCN1C(=O)c1ccc(F)cc1Cl. The predicted molar refractivity (Wildman–Crippen MR) is 75.4 cm³/mol.